The molecule has 8 heteroatoms. The molecule has 0 rings (SSSR count). The van der Waals surface area contributed by atoms with Crippen LogP contribution in [0.1, 0.15) is 39.5 Å². The van der Waals surface area contributed by atoms with Gasteiger partial charge in [0.1, 0.15) is 0 Å². The maximum Gasteiger partial charge on any atom is 0.532 e. The summed E-state index contributed by atoms with van der Waals surface area (Å²) in [4.78, 5) is 10.4. The standard InChI is InChI=1S/C13H27O7P/c1-3-5-7-16-9-11-18-21(15,20-13-14)19-12-10-17-8-6-4-2/h13H,3-12H2,1-2H3. The van der Waals surface area contributed by atoms with E-state index in [0.29, 0.717) is 13.2 Å². The van der Waals surface area contributed by atoms with E-state index in [-0.39, 0.29) is 32.9 Å². The lowest BCUT2D eigenvalue weighted by Gasteiger charge is -2.15. The molecule has 0 bridgehead atoms. The van der Waals surface area contributed by atoms with Crippen molar-refractivity contribution in [3.05, 3.63) is 0 Å². The summed E-state index contributed by atoms with van der Waals surface area (Å²) in [6.07, 6.45) is 3.98. The van der Waals surface area contributed by atoms with Crippen LogP contribution in [0.2, 0.25) is 0 Å². The second-order valence-corrected chi connectivity index (χ2v) is 5.87. The third-order valence-electron chi connectivity index (χ3n) is 2.41. The number of hydrogen-bond acceptors (Lipinski definition) is 7. The van der Waals surface area contributed by atoms with E-state index in [1.807, 2.05) is 0 Å². The summed E-state index contributed by atoms with van der Waals surface area (Å²) in [5.41, 5.74) is 0. The van der Waals surface area contributed by atoms with Gasteiger partial charge < -0.3 is 14.0 Å². The number of rotatable bonds is 16. The van der Waals surface area contributed by atoms with Crippen LogP contribution in [0.5, 0.6) is 0 Å². The van der Waals surface area contributed by atoms with E-state index in [2.05, 4.69) is 18.4 Å². The van der Waals surface area contributed by atoms with Crippen LogP contribution in [-0.2, 0) is 32.4 Å². The van der Waals surface area contributed by atoms with E-state index in [1.165, 1.54) is 0 Å². The molecule has 0 heterocycles. The summed E-state index contributed by atoms with van der Waals surface area (Å²) in [7, 11) is -3.86. The highest BCUT2D eigenvalue weighted by atomic mass is 31.2. The smallest absolute Gasteiger partial charge is 0.379 e. The minimum absolute atomic E-state index is 0.0333. The van der Waals surface area contributed by atoms with Gasteiger partial charge in [0.05, 0.1) is 26.4 Å². The average molecular weight is 326 g/mol. The molecule has 21 heavy (non-hydrogen) atoms. The fourth-order valence-corrected chi connectivity index (χ4v) is 2.16. The molecule has 0 aromatic carbocycles. The van der Waals surface area contributed by atoms with Crippen LogP contribution >= 0.6 is 7.82 Å². The molecule has 0 fully saturated rings. The summed E-state index contributed by atoms with van der Waals surface area (Å²) in [5.74, 6) is 0. The van der Waals surface area contributed by atoms with Gasteiger partial charge >= 0.3 is 14.3 Å². The molecule has 126 valence electrons. The highest BCUT2D eigenvalue weighted by Crippen LogP contribution is 2.48. The number of phosphoric acid groups is 1. The van der Waals surface area contributed by atoms with Crippen LogP contribution in [0.3, 0.4) is 0 Å². The van der Waals surface area contributed by atoms with E-state index >= 15 is 0 Å². The van der Waals surface area contributed by atoms with Crippen molar-refractivity contribution < 1.29 is 32.4 Å². The maximum atomic E-state index is 12.0. The Hall–Kier alpha value is -0.460. The molecule has 0 atom stereocenters. The number of carbonyl (C=O) groups excluding carboxylic acids is 1. The molecule has 0 saturated heterocycles. The maximum absolute atomic E-state index is 12.0. The van der Waals surface area contributed by atoms with E-state index < -0.39 is 7.82 Å². The average Bonchev–Trinajstić information content (AvgIpc) is 2.47. The van der Waals surface area contributed by atoms with Gasteiger partial charge in [0.2, 0.25) is 0 Å². The molecule has 0 radical (unpaired) electrons. The number of ether oxygens (including phenoxy) is 2. The van der Waals surface area contributed by atoms with Gasteiger partial charge in [0.15, 0.2) is 0 Å². The van der Waals surface area contributed by atoms with E-state index in [4.69, 9.17) is 18.5 Å². The Bertz CT molecular complexity index is 266. The molecule has 0 aromatic heterocycles. The molecular weight excluding hydrogens is 299 g/mol. The summed E-state index contributed by atoms with van der Waals surface area (Å²) in [6, 6.07) is 0. The van der Waals surface area contributed by atoms with Gasteiger partial charge in [-0.15, -0.1) is 0 Å². The third kappa shape index (κ3) is 13.0. The van der Waals surface area contributed by atoms with Crippen LogP contribution in [-0.4, -0.2) is 46.1 Å². The minimum Gasteiger partial charge on any atom is -0.379 e. The third-order valence-corrected chi connectivity index (χ3v) is 3.75. The Morgan fingerprint density at radius 2 is 1.29 bits per heavy atom. The van der Waals surface area contributed by atoms with Crippen LogP contribution in [0.25, 0.3) is 0 Å². The quantitative estimate of drug-likeness (QED) is 0.245. The summed E-state index contributed by atoms with van der Waals surface area (Å²) < 4.78 is 36.8. The summed E-state index contributed by atoms with van der Waals surface area (Å²) in [5, 5.41) is 0. The largest absolute Gasteiger partial charge is 0.532 e. The first kappa shape index (κ1) is 20.5. The first-order chi connectivity index (χ1) is 10.2. The Labute approximate surface area is 126 Å². The van der Waals surface area contributed by atoms with Gasteiger partial charge in [-0.1, -0.05) is 26.7 Å². The lowest BCUT2D eigenvalue weighted by Crippen LogP contribution is -2.09. The second-order valence-electron chi connectivity index (χ2n) is 4.25. The zero-order chi connectivity index (χ0) is 15.8. The fourth-order valence-electron chi connectivity index (χ4n) is 1.26. The number of unbranched alkanes of at least 4 members (excludes halogenated alkanes) is 2. The molecule has 0 aliphatic heterocycles. The molecule has 7 nitrogen and oxygen atoms in total. The van der Waals surface area contributed by atoms with Gasteiger partial charge in [-0.05, 0) is 12.8 Å². The van der Waals surface area contributed by atoms with Crippen molar-refractivity contribution in [1.29, 1.82) is 0 Å². The monoisotopic (exact) mass is 326 g/mol. The fraction of sp³-hybridized carbons (Fsp3) is 0.923. The molecule has 0 unspecified atom stereocenters. The summed E-state index contributed by atoms with van der Waals surface area (Å²) >= 11 is 0. The van der Waals surface area contributed by atoms with Crippen molar-refractivity contribution in [3.8, 4) is 0 Å². The van der Waals surface area contributed by atoms with Gasteiger partial charge in [0, 0.05) is 13.2 Å². The molecule has 0 spiro atoms. The molecule has 0 aliphatic rings. The van der Waals surface area contributed by atoms with Crippen LogP contribution in [0.4, 0.5) is 0 Å². The lowest BCUT2D eigenvalue weighted by molar-refractivity contribution is -0.122. The Morgan fingerprint density at radius 3 is 1.67 bits per heavy atom. The Morgan fingerprint density at radius 1 is 0.810 bits per heavy atom. The van der Waals surface area contributed by atoms with E-state index in [0.717, 1.165) is 25.7 Å². The van der Waals surface area contributed by atoms with Gasteiger partial charge in [-0.3, -0.25) is 13.8 Å². The Kier molecular flexibility index (Phi) is 14.2. The normalized spacial score (nSPS) is 11.5. The molecule has 0 aromatic rings. The predicted molar refractivity (Wildman–Crippen MR) is 78.1 cm³/mol. The van der Waals surface area contributed by atoms with Crippen LogP contribution in [0.15, 0.2) is 0 Å². The highest BCUT2D eigenvalue weighted by Gasteiger charge is 2.27. The van der Waals surface area contributed by atoms with Crippen molar-refractivity contribution >= 4 is 14.3 Å². The van der Waals surface area contributed by atoms with Crippen molar-refractivity contribution in [3.63, 3.8) is 0 Å². The van der Waals surface area contributed by atoms with Gasteiger partial charge in [0.25, 0.3) is 0 Å². The van der Waals surface area contributed by atoms with Crippen molar-refractivity contribution in [2.24, 2.45) is 0 Å². The van der Waals surface area contributed by atoms with Gasteiger partial charge in [-0.25, -0.2) is 4.57 Å². The molecule has 0 aliphatic carbocycles. The van der Waals surface area contributed by atoms with Crippen LogP contribution in [0, 0.1) is 0 Å². The molecular formula is C13H27O7P. The first-order valence-corrected chi connectivity index (χ1v) is 8.81. The summed E-state index contributed by atoms with van der Waals surface area (Å²) in [6.45, 7) is 6.00. The Balaban J connectivity index is 3.78. The number of hydrogen-bond donors (Lipinski definition) is 0. The van der Waals surface area contributed by atoms with Gasteiger partial charge in [-0.2, -0.15) is 0 Å². The van der Waals surface area contributed by atoms with Crippen molar-refractivity contribution in [1.82, 2.24) is 0 Å². The molecule has 0 N–H and O–H groups in total. The zero-order valence-electron chi connectivity index (χ0n) is 13.0. The van der Waals surface area contributed by atoms with Crippen molar-refractivity contribution in [2.45, 2.75) is 39.5 Å². The van der Waals surface area contributed by atoms with E-state index in [1.54, 1.807) is 0 Å². The zero-order valence-corrected chi connectivity index (χ0v) is 13.8. The topological polar surface area (TPSA) is 80.3 Å². The first-order valence-electron chi connectivity index (χ1n) is 7.35. The second kappa shape index (κ2) is 14.5. The number of carbonyl (C=O) groups is 1. The number of phosphoric ester groups is 1. The van der Waals surface area contributed by atoms with E-state index in [9.17, 15) is 9.36 Å². The highest BCUT2D eigenvalue weighted by molar-refractivity contribution is 7.49. The predicted octanol–water partition coefficient (Wildman–Crippen LogP) is 2.93. The SMILES string of the molecule is CCCCOCCOP(=O)(OC=O)OCCOCCCC. The van der Waals surface area contributed by atoms with Crippen molar-refractivity contribution in [2.75, 3.05) is 39.6 Å². The lowest BCUT2D eigenvalue weighted by atomic mass is 10.4. The minimum atomic E-state index is -3.86. The van der Waals surface area contributed by atoms with Crippen LogP contribution < -0.4 is 0 Å². The molecule has 0 amide bonds. The molecule has 0 saturated carbocycles.